The predicted molar refractivity (Wildman–Crippen MR) is 91.1 cm³/mol. The van der Waals surface area contributed by atoms with Gasteiger partial charge in [-0.2, -0.15) is 0 Å². The van der Waals surface area contributed by atoms with Crippen LogP contribution in [0.5, 0.6) is 0 Å². The SMILES string of the molecule is Cc1oc(-c2cccs2)nc1CN(Cc1cccs1)C1CC1. The Balaban J connectivity index is 1.53. The van der Waals surface area contributed by atoms with Crippen molar-refractivity contribution >= 4 is 22.7 Å². The van der Waals surface area contributed by atoms with E-state index >= 15 is 0 Å². The highest BCUT2D eigenvalue weighted by Gasteiger charge is 2.30. The van der Waals surface area contributed by atoms with E-state index in [2.05, 4.69) is 33.9 Å². The van der Waals surface area contributed by atoms with Crippen molar-refractivity contribution in [3.63, 3.8) is 0 Å². The molecule has 4 rings (SSSR count). The fraction of sp³-hybridized carbons (Fsp3) is 0.353. The first-order chi connectivity index (χ1) is 10.8. The first-order valence-electron chi connectivity index (χ1n) is 7.56. The molecule has 0 aromatic carbocycles. The lowest BCUT2D eigenvalue weighted by Crippen LogP contribution is -2.25. The van der Waals surface area contributed by atoms with E-state index in [0.717, 1.165) is 35.3 Å². The van der Waals surface area contributed by atoms with Gasteiger partial charge in [-0.3, -0.25) is 4.90 Å². The number of rotatable bonds is 6. The molecule has 3 aromatic rings. The molecule has 3 aromatic heterocycles. The largest absolute Gasteiger partial charge is 0.440 e. The fourth-order valence-electron chi connectivity index (χ4n) is 2.63. The molecular weight excluding hydrogens is 312 g/mol. The highest BCUT2D eigenvalue weighted by Crippen LogP contribution is 2.32. The number of thiophene rings is 2. The fourth-order valence-corrected chi connectivity index (χ4v) is 4.01. The molecule has 0 spiro atoms. The molecule has 3 nitrogen and oxygen atoms in total. The van der Waals surface area contributed by atoms with E-state index < -0.39 is 0 Å². The summed E-state index contributed by atoms with van der Waals surface area (Å²) in [6, 6.07) is 9.15. The Labute approximate surface area is 138 Å². The van der Waals surface area contributed by atoms with Gasteiger partial charge < -0.3 is 4.42 Å². The maximum Gasteiger partial charge on any atom is 0.236 e. The van der Waals surface area contributed by atoms with Gasteiger partial charge in [-0.1, -0.05) is 12.1 Å². The number of nitrogens with zero attached hydrogens (tertiary/aromatic N) is 2. The lowest BCUT2D eigenvalue weighted by atomic mass is 10.3. The Hall–Kier alpha value is -1.43. The summed E-state index contributed by atoms with van der Waals surface area (Å²) in [4.78, 5) is 9.80. The van der Waals surface area contributed by atoms with Crippen molar-refractivity contribution in [2.45, 2.75) is 38.9 Å². The van der Waals surface area contributed by atoms with Crippen molar-refractivity contribution in [3.05, 3.63) is 51.4 Å². The maximum atomic E-state index is 5.87. The molecule has 1 fully saturated rings. The summed E-state index contributed by atoms with van der Waals surface area (Å²) in [6.07, 6.45) is 2.61. The van der Waals surface area contributed by atoms with Gasteiger partial charge in [0.1, 0.15) is 5.76 Å². The van der Waals surface area contributed by atoms with E-state index in [1.54, 1.807) is 11.3 Å². The Kier molecular flexibility index (Phi) is 3.86. The number of aryl methyl sites for hydroxylation is 1. The minimum atomic E-state index is 0.711. The van der Waals surface area contributed by atoms with Crippen LogP contribution in [0, 0.1) is 6.92 Å². The van der Waals surface area contributed by atoms with Gasteiger partial charge in [0.2, 0.25) is 5.89 Å². The van der Waals surface area contributed by atoms with Crippen LogP contribution in [0.2, 0.25) is 0 Å². The molecule has 0 radical (unpaired) electrons. The Morgan fingerprint density at radius 1 is 1.18 bits per heavy atom. The van der Waals surface area contributed by atoms with Crippen LogP contribution in [0.15, 0.2) is 39.4 Å². The van der Waals surface area contributed by atoms with Gasteiger partial charge in [0.15, 0.2) is 0 Å². The van der Waals surface area contributed by atoms with Crippen molar-refractivity contribution in [2.75, 3.05) is 0 Å². The number of hydrogen-bond donors (Lipinski definition) is 0. The monoisotopic (exact) mass is 330 g/mol. The van der Waals surface area contributed by atoms with Crippen LogP contribution in [-0.2, 0) is 13.1 Å². The van der Waals surface area contributed by atoms with E-state index in [9.17, 15) is 0 Å². The van der Waals surface area contributed by atoms with Crippen LogP contribution in [0.3, 0.4) is 0 Å². The molecule has 0 amide bonds. The minimum Gasteiger partial charge on any atom is -0.440 e. The van der Waals surface area contributed by atoms with Crippen molar-refractivity contribution in [1.82, 2.24) is 9.88 Å². The van der Waals surface area contributed by atoms with Gasteiger partial charge in [0.25, 0.3) is 0 Å². The van der Waals surface area contributed by atoms with E-state index in [4.69, 9.17) is 9.40 Å². The highest BCUT2D eigenvalue weighted by atomic mass is 32.1. The lowest BCUT2D eigenvalue weighted by Gasteiger charge is -2.20. The summed E-state index contributed by atoms with van der Waals surface area (Å²) < 4.78 is 5.87. The second-order valence-corrected chi connectivity index (χ2v) is 7.69. The third-order valence-electron chi connectivity index (χ3n) is 3.98. The van der Waals surface area contributed by atoms with Gasteiger partial charge in [-0.25, -0.2) is 4.98 Å². The number of aromatic nitrogens is 1. The second kappa shape index (κ2) is 5.99. The third kappa shape index (κ3) is 3.02. The summed E-state index contributed by atoms with van der Waals surface area (Å²) >= 11 is 3.50. The molecule has 0 atom stereocenters. The summed E-state index contributed by atoms with van der Waals surface area (Å²) in [5.74, 6) is 1.70. The van der Waals surface area contributed by atoms with E-state index in [0.29, 0.717) is 6.04 Å². The molecule has 5 heteroatoms. The molecule has 0 N–H and O–H groups in total. The summed E-state index contributed by atoms with van der Waals surface area (Å²) in [7, 11) is 0. The van der Waals surface area contributed by atoms with E-state index in [1.807, 2.05) is 24.3 Å². The van der Waals surface area contributed by atoms with Crippen molar-refractivity contribution < 1.29 is 4.42 Å². The van der Waals surface area contributed by atoms with Gasteiger partial charge in [-0.05, 0) is 42.7 Å². The van der Waals surface area contributed by atoms with Crippen LogP contribution in [0.4, 0.5) is 0 Å². The quantitative estimate of drug-likeness (QED) is 0.641. The van der Waals surface area contributed by atoms with Crippen LogP contribution in [0.1, 0.15) is 29.2 Å². The minimum absolute atomic E-state index is 0.711. The lowest BCUT2D eigenvalue weighted by molar-refractivity contribution is 0.244. The Morgan fingerprint density at radius 3 is 2.68 bits per heavy atom. The summed E-state index contributed by atoms with van der Waals surface area (Å²) in [6.45, 7) is 3.92. The molecule has 0 aliphatic heterocycles. The standard InChI is InChI=1S/C17H18N2OS2/c1-12-15(18-17(20-12)16-5-3-9-22-16)11-19(13-6-7-13)10-14-4-2-8-21-14/h2-5,8-9,13H,6-7,10-11H2,1H3. The molecule has 0 saturated heterocycles. The first-order valence-corrected chi connectivity index (χ1v) is 9.32. The summed E-state index contributed by atoms with van der Waals surface area (Å²) in [5, 5.41) is 4.21. The van der Waals surface area contributed by atoms with Crippen molar-refractivity contribution in [2.24, 2.45) is 0 Å². The average Bonchev–Trinajstić information content (AvgIpc) is 2.95. The van der Waals surface area contributed by atoms with Crippen LogP contribution in [0.25, 0.3) is 10.8 Å². The number of oxazole rings is 1. The molecule has 3 heterocycles. The van der Waals surface area contributed by atoms with Crippen molar-refractivity contribution in [3.8, 4) is 10.8 Å². The maximum absolute atomic E-state index is 5.87. The Bertz CT molecular complexity index is 727. The van der Waals surface area contributed by atoms with Gasteiger partial charge >= 0.3 is 0 Å². The molecule has 22 heavy (non-hydrogen) atoms. The van der Waals surface area contributed by atoms with Gasteiger partial charge in [0.05, 0.1) is 10.6 Å². The van der Waals surface area contributed by atoms with E-state index in [-0.39, 0.29) is 0 Å². The van der Waals surface area contributed by atoms with Gasteiger partial charge in [0, 0.05) is 24.0 Å². The first kappa shape index (κ1) is 14.2. The Morgan fingerprint density at radius 2 is 2.00 bits per heavy atom. The van der Waals surface area contributed by atoms with Gasteiger partial charge in [-0.15, -0.1) is 22.7 Å². The molecular formula is C17H18N2OS2. The second-order valence-electron chi connectivity index (χ2n) is 5.71. The zero-order valence-electron chi connectivity index (χ0n) is 12.5. The van der Waals surface area contributed by atoms with Crippen LogP contribution >= 0.6 is 22.7 Å². The summed E-state index contributed by atoms with van der Waals surface area (Å²) in [5.41, 5.74) is 1.08. The topological polar surface area (TPSA) is 29.3 Å². The van der Waals surface area contributed by atoms with Crippen LogP contribution < -0.4 is 0 Å². The third-order valence-corrected chi connectivity index (χ3v) is 5.70. The number of hydrogen-bond acceptors (Lipinski definition) is 5. The molecule has 114 valence electrons. The molecule has 0 unspecified atom stereocenters. The predicted octanol–water partition coefficient (Wildman–Crippen LogP) is 4.94. The molecule has 1 aliphatic carbocycles. The normalized spacial score (nSPS) is 14.8. The van der Waals surface area contributed by atoms with Crippen molar-refractivity contribution in [1.29, 1.82) is 0 Å². The zero-order chi connectivity index (χ0) is 14.9. The molecule has 0 bridgehead atoms. The molecule has 1 saturated carbocycles. The van der Waals surface area contributed by atoms with Crippen LogP contribution in [-0.4, -0.2) is 15.9 Å². The smallest absolute Gasteiger partial charge is 0.236 e. The molecule has 1 aliphatic rings. The zero-order valence-corrected chi connectivity index (χ0v) is 14.1. The highest BCUT2D eigenvalue weighted by molar-refractivity contribution is 7.13. The average molecular weight is 330 g/mol. The van der Waals surface area contributed by atoms with E-state index in [1.165, 1.54) is 17.7 Å².